The number of piperidine rings is 1. The molecule has 1 fully saturated rings. The number of aromatic nitrogens is 3. The number of benzene rings is 2. The predicted octanol–water partition coefficient (Wildman–Crippen LogP) is 6.90. The molecule has 1 atom stereocenters. The Balaban J connectivity index is 1.33. The number of nitrogens with zero attached hydrogens (tertiary/aromatic N) is 4. The van der Waals surface area contributed by atoms with Crippen LogP contribution in [0.4, 0.5) is 21.2 Å². The molecule has 4 aromatic rings. The quantitative estimate of drug-likeness (QED) is 0.228. The molecule has 1 aliphatic rings. The predicted molar refractivity (Wildman–Crippen MR) is 158 cm³/mol. The Labute approximate surface area is 243 Å². The summed E-state index contributed by atoms with van der Waals surface area (Å²) >= 11 is 6.47. The molecule has 2 aromatic carbocycles. The van der Waals surface area contributed by atoms with Crippen molar-refractivity contribution in [3.8, 4) is 11.3 Å². The zero-order valence-electron chi connectivity index (χ0n) is 23.2. The largest absolute Gasteiger partial charge is 0.465 e. The van der Waals surface area contributed by atoms with Crippen LogP contribution in [-0.4, -0.2) is 66.8 Å². The molecule has 41 heavy (non-hydrogen) atoms. The first kappa shape index (κ1) is 28.2. The van der Waals surface area contributed by atoms with Crippen LogP contribution in [0.1, 0.15) is 39.2 Å². The average molecular weight is 577 g/mol. The van der Waals surface area contributed by atoms with Crippen LogP contribution >= 0.6 is 11.6 Å². The Morgan fingerprint density at radius 1 is 1.20 bits per heavy atom. The number of ether oxygens (including phenoxy) is 1. The lowest BCUT2D eigenvalue weighted by atomic mass is 10.0. The number of amides is 2. The molecule has 1 aliphatic heterocycles. The number of carbonyl (C=O) groups is 2. The number of rotatable bonds is 6. The maximum absolute atomic E-state index is 13.2. The van der Waals surface area contributed by atoms with Crippen LogP contribution < -0.4 is 5.32 Å². The molecular formula is C30H33ClN6O4. The van der Waals surface area contributed by atoms with E-state index in [1.165, 1.54) is 4.90 Å². The van der Waals surface area contributed by atoms with E-state index in [-0.39, 0.29) is 19.1 Å². The number of carbonyl (C=O) groups excluding carboxylic acids is 1. The fourth-order valence-electron chi connectivity index (χ4n) is 4.95. The third-order valence-electron chi connectivity index (χ3n) is 6.89. The van der Waals surface area contributed by atoms with Gasteiger partial charge in [-0.15, -0.1) is 0 Å². The van der Waals surface area contributed by atoms with Gasteiger partial charge < -0.3 is 25.0 Å². The molecule has 0 spiro atoms. The van der Waals surface area contributed by atoms with Crippen molar-refractivity contribution in [2.75, 3.05) is 18.4 Å². The van der Waals surface area contributed by atoms with E-state index in [0.717, 1.165) is 27.7 Å². The van der Waals surface area contributed by atoms with Gasteiger partial charge in [0.15, 0.2) is 0 Å². The maximum Gasteiger partial charge on any atom is 0.410 e. The fourth-order valence-corrected chi connectivity index (χ4v) is 5.14. The van der Waals surface area contributed by atoms with Crippen molar-refractivity contribution in [1.82, 2.24) is 24.8 Å². The highest BCUT2D eigenvalue weighted by Crippen LogP contribution is 2.33. The topological polar surface area (TPSA) is 124 Å². The van der Waals surface area contributed by atoms with E-state index in [9.17, 15) is 14.7 Å². The molecule has 0 bridgehead atoms. The molecule has 2 aromatic heterocycles. The van der Waals surface area contributed by atoms with E-state index >= 15 is 0 Å². The first-order valence-electron chi connectivity index (χ1n) is 13.5. The van der Waals surface area contributed by atoms with E-state index in [0.29, 0.717) is 36.1 Å². The molecule has 214 valence electrons. The van der Waals surface area contributed by atoms with Gasteiger partial charge in [-0.1, -0.05) is 41.9 Å². The molecule has 1 unspecified atom stereocenters. The van der Waals surface area contributed by atoms with Crippen molar-refractivity contribution in [2.24, 2.45) is 0 Å². The molecule has 3 heterocycles. The number of anilines is 2. The summed E-state index contributed by atoms with van der Waals surface area (Å²) in [5.74, 6) is 0.397. The Morgan fingerprint density at radius 3 is 2.68 bits per heavy atom. The van der Waals surface area contributed by atoms with E-state index in [2.05, 4.69) is 20.3 Å². The lowest BCUT2D eigenvalue weighted by Crippen LogP contribution is -2.52. The molecular weight excluding hydrogens is 544 g/mol. The summed E-state index contributed by atoms with van der Waals surface area (Å²) in [7, 11) is 0. The van der Waals surface area contributed by atoms with Gasteiger partial charge in [0.2, 0.25) is 5.95 Å². The second kappa shape index (κ2) is 11.7. The summed E-state index contributed by atoms with van der Waals surface area (Å²) in [6, 6.07) is 15.3. The Bertz CT molecular complexity index is 1550. The summed E-state index contributed by atoms with van der Waals surface area (Å²) in [4.78, 5) is 40.0. The normalized spacial score (nSPS) is 15.5. The Hall–Kier alpha value is -4.31. The molecule has 1 saturated heterocycles. The fraction of sp³-hybridized carbons (Fsp3) is 0.333. The van der Waals surface area contributed by atoms with Crippen LogP contribution in [0.3, 0.4) is 0 Å². The number of hydrogen-bond acceptors (Lipinski definition) is 6. The van der Waals surface area contributed by atoms with Crippen molar-refractivity contribution in [2.45, 2.75) is 51.8 Å². The van der Waals surface area contributed by atoms with Crippen molar-refractivity contribution >= 4 is 46.3 Å². The van der Waals surface area contributed by atoms with Crippen LogP contribution in [0.25, 0.3) is 22.2 Å². The highest BCUT2D eigenvalue weighted by molar-refractivity contribution is 6.33. The SMILES string of the molecule is CC(C)(C)OC(=O)N(Cc1ccc(Nc2ncc(Cl)c(-c3c[nH]c4ccccc34)n2)cc1)C1CCCN(C(=O)O)C1. The van der Waals surface area contributed by atoms with Gasteiger partial charge in [-0.25, -0.2) is 19.6 Å². The third kappa shape index (κ3) is 6.71. The van der Waals surface area contributed by atoms with E-state index < -0.39 is 17.8 Å². The minimum absolute atomic E-state index is 0.251. The number of fused-ring (bicyclic) bond motifs is 1. The van der Waals surface area contributed by atoms with Gasteiger partial charge in [-0.05, 0) is 57.4 Å². The number of H-pyrrole nitrogens is 1. The first-order valence-corrected chi connectivity index (χ1v) is 13.9. The second-order valence-electron chi connectivity index (χ2n) is 11.1. The Morgan fingerprint density at radius 2 is 1.95 bits per heavy atom. The van der Waals surface area contributed by atoms with Crippen LogP contribution in [-0.2, 0) is 11.3 Å². The molecule has 2 amide bonds. The Kier molecular flexibility index (Phi) is 8.03. The van der Waals surface area contributed by atoms with Crippen LogP contribution in [0.15, 0.2) is 60.9 Å². The number of aromatic amines is 1. The van der Waals surface area contributed by atoms with Crippen molar-refractivity contribution in [3.05, 3.63) is 71.5 Å². The van der Waals surface area contributed by atoms with Gasteiger partial charge in [-0.2, -0.15) is 0 Å². The van der Waals surface area contributed by atoms with Crippen molar-refractivity contribution in [3.63, 3.8) is 0 Å². The van der Waals surface area contributed by atoms with E-state index in [1.54, 1.807) is 11.1 Å². The zero-order valence-corrected chi connectivity index (χ0v) is 24.0. The molecule has 11 heteroatoms. The molecule has 10 nitrogen and oxygen atoms in total. The average Bonchev–Trinajstić information content (AvgIpc) is 3.37. The number of hydrogen-bond donors (Lipinski definition) is 3. The number of carboxylic acid groups (broad SMARTS) is 1. The second-order valence-corrected chi connectivity index (χ2v) is 11.5. The standard InChI is InChI=1S/C30H33ClN6O4/c1-30(2,3)41-29(40)37(21-7-6-14-36(18-21)28(38)39)17-19-10-12-20(13-11-19)34-27-33-16-24(31)26(35-27)23-15-32-25-9-5-4-8-22(23)25/h4-5,8-13,15-16,21,32H,6-7,14,17-18H2,1-3H3,(H,38,39)(H,33,34,35). The third-order valence-corrected chi connectivity index (χ3v) is 7.16. The summed E-state index contributed by atoms with van der Waals surface area (Å²) in [6.45, 7) is 6.45. The van der Waals surface area contributed by atoms with Gasteiger partial charge in [0.25, 0.3) is 0 Å². The number of nitrogens with one attached hydrogen (secondary N) is 2. The molecule has 5 rings (SSSR count). The number of likely N-dealkylation sites (tertiary alicyclic amines) is 1. The van der Waals surface area contributed by atoms with Crippen LogP contribution in [0, 0.1) is 0 Å². The summed E-state index contributed by atoms with van der Waals surface area (Å²) < 4.78 is 5.68. The highest BCUT2D eigenvalue weighted by atomic mass is 35.5. The van der Waals surface area contributed by atoms with Gasteiger partial charge in [-0.3, -0.25) is 4.90 Å². The molecule has 0 radical (unpaired) electrons. The van der Waals surface area contributed by atoms with E-state index in [4.69, 9.17) is 16.3 Å². The maximum atomic E-state index is 13.2. The lowest BCUT2D eigenvalue weighted by molar-refractivity contribution is 0.00443. The van der Waals surface area contributed by atoms with Crippen molar-refractivity contribution in [1.29, 1.82) is 0 Å². The van der Waals surface area contributed by atoms with Crippen LogP contribution in [0.2, 0.25) is 5.02 Å². The monoisotopic (exact) mass is 576 g/mol. The minimum atomic E-state index is -0.980. The summed E-state index contributed by atoms with van der Waals surface area (Å²) in [5, 5.41) is 14.2. The first-order chi connectivity index (χ1) is 19.6. The lowest BCUT2D eigenvalue weighted by Gasteiger charge is -2.39. The van der Waals surface area contributed by atoms with Crippen molar-refractivity contribution < 1.29 is 19.4 Å². The van der Waals surface area contributed by atoms with Gasteiger partial charge >= 0.3 is 12.2 Å². The summed E-state index contributed by atoms with van der Waals surface area (Å²) in [6.07, 6.45) is 3.40. The van der Waals surface area contributed by atoms with E-state index in [1.807, 2.05) is 75.5 Å². The molecule has 0 aliphatic carbocycles. The minimum Gasteiger partial charge on any atom is -0.465 e. The number of para-hydroxylation sites is 1. The molecule has 3 N–H and O–H groups in total. The van der Waals surface area contributed by atoms with Gasteiger partial charge in [0.1, 0.15) is 5.60 Å². The van der Waals surface area contributed by atoms with Gasteiger partial charge in [0.05, 0.1) is 23.0 Å². The zero-order chi connectivity index (χ0) is 29.1. The van der Waals surface area contributed by atoms with Crippen LogP contribution in [0.5, 0.6) is 0 Å². The highest BCUT2D eigenvalue weighted by Gasteiger charge is 2.33. The summed E-state index contributed by atoms with van der Waals surface area (Å²) in [5.41, 5.74) is 3.47. The van der Waals surface area contributed by atoms with Gasteiger partial charge in [0, 0.05) is 48.0 Å². The molecule has 0 saturated carbocycles. The smallest absolute Gasteiger partial charge is 0.410 e. The number of halogens is 1.